The number of nitrogens with zero attached hydrogens (tertiary/aromatic N) is 3. The number of ether oxygens (including phenoxy) is 6. The van der Waals surface area contributed by atoms with Crippen molar-refractivity contribution < 1.29 is 48.3 Å². The third kappa shape index (κ3) is 9.06. The summed E-state index contributed by atoms with van der Waals surface area (Å²) in [6.45, 7) is 11.4. The van der Waals surface area contributed by atoms with Gasteiger partial charge in [-0.3, -0.25) is 9.69 Å². The van der Waals surface area contributed by atoms with Gasteiger partial charge in [-0.1, -0.05) is 37.1 Å². The van der Waals surface area contributed by atoms with Crippen molar-refractivity contribution in [3.63, 3.8) is 0 Å². The number of fused-ring (bicyclic) bond motifs is 3. The average molecular weight is 830 g/mol. The number of oxime groups is 1. The van der Waals surface area contributed by atoms with Gasteiger partial charge in [-0.05, 0) is 98.8 Å². The third-order valence-electron chi connectivity index (χ3n) is 13.0. The number of hydrogen-bond acceptors (Lipinski definition) is 12. The second kappa shape index (κ2) is 19.7. The van der Waals surface area contributed by atoms with Gasteiger partial charge in [-0.15, -0.1) is 6.58 Å². The van der Waals surface area contributed by atoms with Crippen LogP contribution in [-0.4, -0.2) is 116 Å². The number of aliphatic hydroxyl groups excluding tert-OH is 2. The van der Waals surface area contributed by atoms with Crippen LogP contribution in [0.25, 0.3) is 0 Å². The van der Waals surface area contributed by atoms with Gasteiger partial charge in [0.25, 0.3) is 5.91 Å². The zero-order valence-electron chi connectivity index (χ0n) is 35.1. The van der Waals surface area contributed by atoms with Crippen molar-refractivity contribution in [1.82, 2.24) is 9.80 Å². The van der Waals surface area contributed by atoms with Crippen LogP contribution in [0, 0.1) is 17.8 Å². The highest BCUT2D eigenvalue weighted by molar-refractivity contribution is 6.03. The fraction of sp³-hybridized carbons (Fsp3) is 0.617. The molecule has 13 heteroatoms. The van der Waals surface area contributed by atoms with Gasteiger partial charge in [-0.25, -0.2) is 0 Å². The zero-order valence-corrected chi connectivity index (χ0v) is 35.1. The predicted octanol–water partition coefficient (Wildman–Crippen LogP) is 6.82. The standard InChI is InChI=1S/C47H63N3O10/c1-3-18-50(46(53)33-14-16-40-41(28-33)57-31-56-40)42-30-38(48-60-43-13-7-10-25-55-43)36-27-32(11-5-8-22-51)35(12-6-9-23-52)44-37-29-34(54-26-21-49-19-20-49)15-17-39(37)59-47(42,45(36)44)58-24-4-2/h4,14-17,27-29,32,35,42-45,51-52H,2-3,5-13,18-26,30-31H2,1H3/t32-,35+,42-,43?,44+,45+,47+/m0/s1. The molecule has 7 atom stereocenters. The first-order chi connectivity index (χ1) is 29.5. The van der Waals surface area contributed by atoms with Gasteiger partial charge in [0.15, 0.2) is 11.5 Å². The topological polar surface area (TPSA) is 141 Å². The number of aliphatic hydroxyl groups is 2. The molecule has 8 rings (SSSR count). The maximum absolute atomic E-state index is 15.1. The van der Waals surface area contributed by atoms with E-state index in [2.05, 4.69) is 30.5 Å². The molecule has 6 aliphatic rings. The lowest BCUT2D eigenvalue weighted by molar-refractivity contribution is -0.254. The molecular formula is C47H63N3O10. The Hall–Kier alpha value is -4.14. The SMILES string of the molecule is C=CCO[C@@]12Oc3ccc(OCCN4CC4)cc3[C@H]3[C@H](CCCCO)[C@@H](CCCCO)C=C(C(=NOC4CCCCO4)C[C@@H]1N(CCC)C(=O)c1ccc4c(c1)OCO4)[C@H]32. The molecule has 1 amide bonds. The van der Waals surface area contributed by atoms with Crippen molar-refractivity contribution in [3.8, 4) is 23.0 Å². The van der Waals surface area contributed by atoms with E-state index in [9.17, 15) is 10.2 Å². The Kier molecular flexibility index (Phi) is 14.0. The van der Waals surface area contributed by atoms with Crippen molar-refractivity contribution >= 4 is 11.6 Å². The van der Waals surface area contributed by atoms with Gasteiger partial charge >= 0.3 is 0 Å². The molecule has 60 heavy (non-hydrogen) atoms. The van der Waals surface area contributed by atoms with E-state index < -0.39 is 24.0 Å². The Labute approximate surface area is 354 Å². The van der Waals surface area contributed by atoms with E-state index in [-0.39, 0.29) is 50.3 Å². The summed E-state index contributed by atoms with van der Waals surface area (Å²) in [5, 5.41) is 24.9. The Morgan fingerprint density at radius 3 is 2.62 bits per heavy atom. The maximum Gasteiger partial charge on any atom is 0.254 e. The highest BCUT2D eigenvalue weighted by Crippen LogP contribution is 2.62. The quantitative estimate of drug-likeness (QED) is 0.0593. The molecule has 1 unspecified atom stereocenters. The number of allylic oxidation sites excluding steroid dienone is 1. The Balaban J connectivity index is 1.30. The summed E-state index contributed by atoms with van der Waals surface area (Å²) in [5.41, 5.74) is 3.26. The molecule has 13 nitrogen and oxygen atoms in total. The summed E-state index contributed by atoms with van der Waals surface area (Å²) in [5.74, 6) is 0.765. The normalized spacial score (nSPS) is 28.2. The third-order valence-corrected chi connectivity index (χ3v) is 13.0. The first kappa shape index (κ1) is 42.5. The molecule has 0 bridgehead atoms. The maximum atomic E-state index is 15.1. The van der Waals surface area contributed by atoms with Gasteiger partial charge in [0.05, 0.1) is 24.8 Å². The van der Waals surface area contributed by atoms with Crippen LogP contribution in [0.3, 0.4) is 0 Å². The van der Waals surface area contributed by atoms with Crippen molar-refractivity contribution in [2.24, 2.45) is 22.9 Å². The van der Waals surface area contributed by atoms with E-state index in [1.165, 1.54) is 0 Å². The number of rotatable bonds is 21. The van der Waals surface area contributed by atoms with E-state index in [0.717, 1.165) is 87.2 Å². The highest BCUT2D eigenvalue weighted by atomic mass is 16.8. The summed E-state index contributed by atoms with van der Waals surface area (Å²) >= 11 is 0. The Morgan fingerprint density at radius 1 is 1.03 bits per heavy atom. The summed E-state index contributed by atoms with van der Waals surface area (Å²) in [7, 11) is 0. The van der Waals surface area contributed by atoms with Crippen molar-refractivity contribution in [2.75, 3.05) is 66.0 Å². The molecule has 2 aromatic rings. The minimum Gasteiger partial charge on any atom is -0.492 e. The van der Waals surface area contributed by atoms with Crippen LogP contribution in [0.4, 0.5) is 0 Å². The summed E-state index contributed by atoms with van der Waals surface area (Å²) in [4.78, 5) is 25.6. The lowest BCUT2D eigenvalue weighted by Gasteiger charge is -2.60. The smallest absolute Gasteiger partial charge is 0.254 e. The van der Waals surface area contributed by atoms with E-state index in [1.54, 1.807) is 24.3 Å². The van der Waals surface area contributed by atoms with Gasteiger partial charge in [0.2, 0.25) is 18.9 Å². The molecule has 2 aliphatic carbocycles. The van der Waals surface area contributed by atoms with E-state index in [4.69, 9.17) is 38.4 Å². The van der Waals surface area contributed by atoms with Crippen LogP contribution in [0.2, 0.25) is 0 Å². The lowest BCUT2D eigenvalue weighted by Crippen LogP contribution is -2.70. The first-order valence-electron chi connectivity index (χ1n) is 22.4. The number of carbonyl (C=O) groups excluding carboxylic acids is 1. The van der Waals surface area contributed by atoms with Crippen LogP contribution in [0.1, 0.15) is 99.4 Å². The van der Waals surface area contributed by atoms with Gasteiger partial charge in [0, 0.05) is 69.3 Å². The highest BCUT2D eigenvalue weighted by Gasteiger charge is 2.65. The monoisotopic (exact) mass is 829 g/mol. The van der Waals surface area contributed by atoms with Crippen LogP contribution in [0.5, 0.6) is 23.0 Å². The van der Waals surface area contributed by atoms with Gasteiger partial charge in [0.1, 0.15) is 24.1 Å². The molecule has 2 saturated heterocycles. The first-order valence-corrected chi connectivity index (χ1v) is 22.4. The van der Waals surface area contributed by atoms with Crippen LogP contribution in [0.15, 0.2) is 65.9 Å². The number of amides is 1. The molecule has 4 heterocycles. The molecule has 2 N–H and O–H groups in total. The lowest BCUT2D eigenvalue weighted by atomic mass is 9.55. The predicted molar refractivity (Wildman–Crippen MR) is 225 cm³/mol. The van der Waals surface area contributed by atoms with Crippen molar-refractivity contribution in [3.05, 3.63) is 71.8 Å². The summed E-state index contributed by atoms with van der Waals surface area (Å²) in [6, 6.07) is 10.8. The number of unbranched alkanes of at least 4 members (excludes halogenated alkanes) is 2. The molecule has 4 aliphatic heterocycles. The largest absolute Gasteiger partial charge is 0.492 e. The van der Waals surface area contributed by atoms with E-state index >= 15 is 4.79 Å². The molecule has 0 spiro atoms. The molecule has 0 radical (unpaired) electrons. The Morgan fingerprint density at radius 2 is 1.85 bits per heavy atom. The van der Waals surface area contributed by atoms with Crippen LogP contribution in [-0.2, 0) is 14.3 Å². The second-order valence-corrected chi connectivity index (χ2v) is 16.9. The number of hydrogen-bond donors (Lipinski definition) is 2. The van der Waals surface area contributed by atoms with E-state index in [0.29, 0.717) is 68.3 Å². The molecule has 2 aromatic carbocycles. The van der Waals surface area contributed by atoms with Crippen molar-refractivity contribution in [2.45, 2.75) is 102 Å². The molecule has 1 saturated carbocycles. The Bertz CT molecular complexity index is 1860. The average Bonchev–Trinajstić information content (AvgIpc) is 3.98. The fourth-order valence-electron chi connectivity index (χ4n) is 10.1. The zero-order chi connectivity index (χ0) is 41.5. The number of carbonyl (C=O) groups is 1. The molecular weight excluding hydrogens is 767 g/mol. The van der Waals surface area contributed by atoms with Crippen LogP contribution < -0.4 is 18.9 Å². The van der Waals surface area contributed by atoms with Crippen LogP contribution >= 0.6 is 0 Å². The molecule has 0 aromatic heterocycles. The molecule has 326 valence electrons. The molecule has 3 fully saturated rings. The van der Waals surface area contributed by atoms with Crippen molar-refractivity contribution in [1.29, 1.82) is 0 Å². The van der Waals surface area contributed by atoms with E-state index in [1.807, 2.05) is 17.0 Å². The summed E-state index contributed by atoms with van der Waals surface area (Å²) in [6.07, 6.45) is 12.2. The number of benzene rings is 2. The second-order valence-electron chi connectivity index (χ2n) is 16.9. The summed E-state index contributed by atoms with van der Waals surface area (Å²) < 4.78 is 38.3. The minimum atomic E-state index is -1.36. The minimum absolute atomic E-state index is 0.106. The van der Waals surface area contributed by atoms with Gasteiger partial charge in [-0.2, -0.15) is 0 Å². The van der Waals surface area contributed by atoms with Gasteiger partial charge < -0.3 is 48.4 Å². The fourth-order valence-corrected chi connectivity index (χ4v) is 10.1.